The summed E-state index contributed by atoms with van der Waals surface area (Å²) in [5.74, 6) is 0. The van der Waals surface area contributed by atoms with Crippen LogP contribution < -0.4 is 10.5 Å². The van der Waals surface area contributed by atoms with Crippen LogP contribution >= 0.6 is 0 Å². The zero-order valence-corrected chi connectivity index (χ0v) is 11.2. The van der Waals surface area contributed by atoms with Crippen molar-refractivity contribution in [1.29, 1.82) is 0 Å². The zero-order valence-electron chi connectivity index (χ0n) is 10.4. The second-order valence-electron chi connectivity index (χ2n) is 5.06. The van der Waals surface area contributed by atoms with Gasteiger partial charge in [-0.05, 0) is 35.7 Å². The minimum absolute atomic E-state index is 0.0218. The number of nitrogens with two attached hydrogens (primary N) is 1. The second kappa shape index (κ2) is 4.59. The van der Waals surface area contributed by atoms with Gasteiger partial charge in [0, 0.05) is 12.1 Å². The lowest BCUT2D eigenvalue weighted by atomic mass is 9.89. The molecule has 0 amide bonds. The van der Waals surface area contributed by atoms with Crippen LogP contribution in [0, 0.1) is 0 Å². The summed E-state index contributed by atoms with van der Waals surface area (Å²) in [4.78, 5) is 0.312. The van der Waals surface area contributed by atoms with Gasteiger partial charge in [-0.25, -0.2) is 13.1 Å². The molecule has 0 radical (unpaired) electrons. The number of hydrogen-bond acceptors (Lipinski definition) is 3. The molecular weight excluding hydrogens is 260 g/mol. The van der Waals surface area contributed by atoms with Gasteiger partial charge in [0.05, 0.1) is 4.90 Å². The van der Waals surface area contributed by atoms with E-state index in [1.165, 1.54) is 0 Å². The van der Waals surface area contributed by atoms with Crippen LogP contribution in [0.1, 0.15) is 12.8 Å². The largest absolute Gasteiger partial charge is 0.328 e. The van der Waals surface area contributed by atoms with Crippen LogP contribution in [0.15, 0.2) is 47.4 Å². The van der Waals surface area contributed by atoms with Gasteiger partial charge in [0.15, 0.2) is 0 Å². The van der Waals surface area contributed by atoms with Crippen molar-refractivity contribution in [3.63, 3.8) is 0 Å². The fourth-order valence-corrected chi connectivity index (χ4v) is 3.68. The summed E-state index contributed by atoms with van der Waals surface area (Å²) in [6, 6.07) is 13.0. The van der Waals surface area contributed by atoms with Crippen LogP contribution in [0.5, 0.6) is 0 Å². The Labute approximate surface area is 112 Å². The SMILES string of the molecule is NC1CC(NS(=O)(=O)c2ccc3ccccc3c2)C1. The Morgan fingerprint density at radius 3 is 2.42 bits per heavy atom. The summed E-state index contributed by atoms with van der Waals surface area (Å²) in [5, 5.41) is 1.96. The Bertz CT molecular complexity index is 706. The molecule has 0 aliphatic heterocycles. The monoisotopic (exact) mass is 276 g/mol. The summed E-state index contributed by atoms with van der Waals surface area (Å²) in [6.45, 7) is 0. The molecule has 1 fully saturated rings. The Kier molecular flexibility index (Phi) is 3.05. The number of hydrogen-bond donors (Lipinski definition) is 2. The van der Waals surface area contributed by atoms with Gasteiger partial charge in [-0.15, -0.1) is 0 Å². The van der Waals surface area contributed by atoms with E-state index in [-0.39, 0.29) is 12.1 Å². The summed E-state index contributed by atoms with van der Waals surface area (Å²) in [7, 11) is -3.44. The smallest absolute Gasteiger partial charge is 0.240 e. The fourth-order valence-electron chi connectivity index (χ4n) is 2.38. The van der Waals surface area contributed by atoms with Crippen molar-refractivity contribution < 1.29 is 8.42 Å². The van der Waals surface area contributed by atoms with E-state index in [2.05, 4.69) is 4.72 Å². The fraction of sp³-hybridized carbons (Fsp3) is 0.286. The Balaban J connectivity index is 1.90. The highest BCUT2D eigenvalue weighted by molar-refractivity contribution is 7.89. The van der Waals surface area contributed by atoms with Crippen molar-refractivity contribution in [2.45, 2.75) is 29.8 Å². The van der Waals surface area contributed by atoms with Crippen molar-refractivity contribution in [3.8, 4) is 0 Å². The van der Waals surface area contributed by atoms with E-state index in [0.29, 0.717) is 17.7 Å². The number of fused-ring (bicyclic) bond motifs is 1. The van der Waals surface area contributed by atoms with Gasteiger partial charge in [0.1, 0.15) is 0 Å². The van der Waals surface area contributed by atoms with E-state index in [9.17, 15) is 8.42 Å². The number of nitrogens with one attached hydrogen (secondary N) is 1. The van der Waals surface area contributed by atoms with Crippen LogP contribution in [0.25, 0.3) is 10.8 Å². The van der Waals surface area contributed by atoms with E-state index in [0.717, 1.165) is 10.8 Å². The standard InChI is InChI=1S/C14H16N2O2S/c15-12-8-13(9-12)16-19(17,18)14-6-5-10-3-1-2-4-11(10)7-14/h1-7,12-13,16H,8-9,15H2. The first-order valence-electron chi connectivity index (χ1n) is 6.31. The maximum Gasteiger partial charge on any atom is 0.240 e. The highest BCUT2D eigenvalue weighted by Crippen LogP contribution is 2.22. The lowest BCUT2D eigenvalue weighted by Gasteiger charge is -2.32. The molecule has 19 heavy (non-hydrogen) atoms. The van der Waals surface area contributed by atoms with Crippen LogP contribution in [-0.4, -0.2) is 20.5 Å². The van der Waals surface area contributed by atoms with Gasteiger partial charge >= 0.3 is 0 Å². The first-order chi connectivity index (χ1) is 9.04. The highest BCUT2D eigenvalue weighted by atomic mass is 32.2. The molecule has 0 saturated heterocycles. The lowest BCUT2D eigenvalue weighted by Crippen LogP contribution is -2.50. The lowest BCUT2D eigenvalue weighted by molar-refractivity contribution is 0.327. The maximum atomic E-state index is 12.2. The molecule has 0 unspecified atom stereocenters. The van der Waals surface area contributed by atoms with Crippen LogP contribution in [0.3, 0.4) is 0 Å². The summed E-state index contributed by atoms with van der Waals surface area (Å²) < 4.78 is 27.2. The van der Waals surface area contributed by atoms with Gasteiger partial charge < -0.3 is 5.73 Å². The molecule has 0 heterocycles. The van der Waals surface area contributed by atoms with Gasteiger partial charge in [0.2, 0.25) is 10.0 Å². The van der Waals surface area contributed by atoms with Gasteiger partial charge in [-0.3, -0.25) is 0 Å². The van der Waals surface area contributed by atoms with E-state index < -0.39 is 10.0 Å². The van der Waals surface area contributed by atoms with E-state index in [1.807, 2.05) is 30.3 Å². The van der Waals surface area contributed by atoms with Gasteiger partial charge in [0.25, 0.3) is 0 Å². The van der Waals surface area contributed by atoms with Crippen molar-refractivity contribution >= 4 is 20.8 Å². The average molecular weight is 276 g/mol. The van der Waals surface area contributed by atoms with Crippen molar-refractivity contribution in [3.05, 3.63) is 42.5 Å². The molecule has 1 aliphatic carbocycles. The summed E-state index contributed by atoms with van der Waals surface area (Å²) in [5.41, 5.74) is 5.67. The molecule has 4 nitrogen and oxygen atoms in total. The molecule has 100 valence electrons. The Morgan fingerprint density at radius 2 is 1.74 bits per heavy atom. The van der Waals surface area contributed by atoms with E-state index in [1.54, 1.807) is 12.1 Å². The molecule has 3 rings (SSSR count). The van der Waals surface area contributed by atoms with Crippen molar-refractivity contribution in [2.75, 3.05) is 0 Å². The van der Waals surface area contributed by atoms with E-state index in [4.69, 9.17) is 5.73 Å². The molecule has 2 aromatic rings. The molecule has 0 bridgehead atoms. The predicted octanol–water partition coefficient (Wildman–Crippen LogP) is 1.61. The van der Waals surface area contributed by atoms with Crippen LogP contribution in [0.4, 0.5) is 0 Å². The molecule has 5 heteroatoms. The Morgan fingerprint density at radius 1 is 1.05 bits per heavy atom. The average Bonchev–Trinajstić information content (AvgIpc) is 2.36. The first kappa shape index (κ1) is 12.6. The third-order valence-corrected chi connectivity index (χ3v) is 5.05. The topological polar surface area (TPSA) is 72.2 Å². The van der Waals surface area contributed by atoms with Gasteiger partial charge in [-0.2, -0.15) is 0 Å². The summed E-state index contributed by atoms with van der Waals surface area (Å²) >= 11 is 0. The molecule has 0 spiro atoms. The van der Waals surface area contributed by atoms with Gasteiger partial charge in [-0.1, -0.05) is 30.3 Å². The molecule has 0 atom stereocenters. The predicted molar refractivity (Wildman–Crippen MR) is 75.3 cm³/mol. The van der Waals surface area contributed by atoms with Crippen LogP contribution in [0.2, 0.25) is 0 Å². The normalized spacial score (nSPS) is 23.2. The maximum absolute atomic E-state index is 12.2. The minimum Gasteiger partial charge on any atom is -0.328 e. The van der Waals surface area contributed by atoms with Crippen LogP contribution in [-0.2, 0) is 10.0 Å². The minimum atomic E-state index is -3.44. The Hall–Kier alpha value is -1.43. The second-order valence-corrected chi connectivity index (χ2v) is 6.77. The quantitative estimate of drug-likeness (QED) is 0.894. The first-order valence-corrected chi connectivity index (χ1v) is 7.80. The van der Waals surface area contributed by atoms with E-state index >= 15 is 0 Å². The van der Waals surface area contributed by atoms with Crippen molar-refractivity contribution in [2.24, 2.45) is 5.73 Å². The molecule has 2 aromatic carbocycles. The third kappa shape index (κ3) is 2.49. The number of benzene rings is 2. The molecule has 1 saturated carbocycles. The zero-order chi connectivity index (χ0) is 13.5. The number of sulfonamides is 1. The number of rotatable bonds is 3. The molecule has 0 aromatic heterocycles. The highest BCUT2D eigenvalue weighted by Gasteiger charge is 2.30. The third-order valence-electron chi connectivity index (χ3n) is 3.53. The molecule has 1 aliphatic rings. The molecule has 3 N–H and O–H groups in total. The molecular formula is C14H16N2O2S. The summed E-state index contributed by atoms with van der Waals surface area (Å²) in [6.07, 6.45) is 1.43. The van der Waals surface area contributed by atoms with Crippen molar-refractivity contribution in [1.82, 2.24) is 4.72 Å².